The molecule has 2 aromatic carbocycles. The molecular weight excluding hydrogens is 361 g/mol. The summed E-state index contributed by atoms with van der Waals surface area (Å²) >= 11 is 1.68. The van der Waals surface area contributed by atoms with E-state index in [9.17, 15) is 9.18 Å². The second-order valence-corrected chi connectivity index (χ2v) is 8.07. The normalized spacial score (nSPS) is 17.3. The van der Waals surface area contributed by atoms with Gasteiger partial charge in [-0.2, -0.15) is 0 Å². The number of carbonyl (C=O) groups is 1. The lowest BCUT2D eigenvalue weighted by atomic mass is 9.97. The number of aromatic nitrogens is 1. The third kappa shape index (κ3) is 3.95. The molecule has 1 N–H and O–H groups in total. The van der Waals surface area contributed by atoms with Gasteiger partial charge in [0, 0.05) is 25.2 Å². The molecule has 4 rings (SSSR count). The number of anilines is 1. The Labute approximate surface area is 162 Å². The minimum Gasteiger partial charge on any atom is -0.352 e. The number of amides is 1. The molecule has 6 heteroatoms. The number of thiazole rings is 1. The zero-order valence-electron chi connectivity index (χ0n) is 15.2. The highest BCUT2D eigenvalue weighted by molar-refractivity contribution is 7.22. The zero-order chi connectivity index (χ0) is 18.8. The van der Waals surface area contributed by atoms with Gasteiger partial charge in [0.05, 0.1) is 16.1 Å². The number of halogens is 1. The quantitative estimate of drug-likeness (QED) is 0.732. The van der Waals surface area contributed by atoms with Crippen molar-refractivity contribution in [3.8, 4) is 0 Å². The summed E-state index contributed by atoms with van der Waals surface area (Å²) in [6, 6.07) is 12.8. The van der Waals surface area contributed by atoms with Gasteiger partial charge < -0.3 is 10.2 Å². The molecule has 0 bridgehead atoms. The molecule has 1 unspecified atom stereocenters. The standard InChI is InChI=1S/C21H22FN3OS/c1-14-8-9-18-19(11-14)27-21(24-18)25-10-4-6-16(13-25)20(26)23-12-15-5-2-3-7-17(15)22/h2-3,5,7-9,11,16H,4,6,10,12-13H2,1H3,(H,23,26). The number of carbonyl (C=O) groups excluding carboxylic acids is 1. The van der Waals surface area contributed by atoms with Gasteiger partial charge in [-0.05, 0) is 43.5 Å². The third-order valence-electron chi connectivity index (χ3n) is 5.01. The minimum absolute atomic E-state index is 0.0140. The van der Waals surface area contributed by atoms with Gasteiger partial charge in [-0.25, -0.2) is 9.37 Å². The lowest BCUT2D eigenvalue weighted by molar-refractivity contribution is -0.125. The fraction of sp³-hybridized carbons (Fsp3) is 0.333. The van der Waals surface area contributed by atoms with Crippen LogP contribution in [0.1, 0.15) is 24.0 Å². The van der Waals surface area contributed by atoms with Crippen molar-refractivity contribution in [2.75, 3.05) is 18.0 Å². The Morgan fingerprint density at radius 1 is 1.33 bits per heavy atom. The molecule has 0 aliphatic carbocycles. The molecule has 0 spiro atoms. The van der Waals surface area contributed by atoms with Crippen LogP contribution in [-0.2, 0) is 11.3 Å². The van der Waals surface area contributed by atoms with E-state index in [1.54, 1.807) is 29.5 Å². The Balaban J connectivity index is 1.42. The van der Waals surface area contributed by atoms with Crippen molar-refractivity contribution in [1.29, 1.82) is 0 Å². The Kier molecular flexibility index (Phi) is 5.07. The van der Waals surface area contributed by atoms with Crippen molar-refractivity contribution in [3.05, 3.63) is 59.4 Å². The van der Waals surface area contributed by atoms with Gasteiger partial charge in [-0.15, -0.1) is 0 Å². The number of benzene rings is 2. The second-order valence-electron chi connectivity index (χ2n) is 7.06. The molecule has 0 saturated carbocycles. The molecule has 1 aromatic heterocycles. The summed E-state index contributed by atoms with van der Waals surface area (Å²) in [5.74, 6) is -0.396. The number of hydrogen-bond acceptors (Lipinski definition) is 4. The van der Waals surface area contributed by atoms with Crippen LogP contribution in [0.15, 0.2) is 42.5 Å². The monoisotopic (exact) mass is 383 g/mol. The number of nitrogens with zero attached hydrogens (tertiary/aromatic N) is 2. The number of nitrogens with one attached hydrogen (secondary N) is 1. The van der Waals surface area contributed by atoms with Gasteiger partial charge in [-0.3, -0.25) is 4.79 Å². The van der Waals surface area contributed by atoms with Crippen molar-refractivity contribution in [2.45, 2.75) is 26.3 Å². The van der Waals surface area contributed by atoms with Gasteiger partial charge in [0.25, 0.3) is 0 Å². The first-order chi connectivity index (χ1) is 13.1. The summed E-state index contributed by atoms with van der Waals surface area (Å²) in [6.45, 7) is 3.87. The smallest absolute Gasteiger partial charge is 0.225 e. The summed E-state index contributed by atoms with van der Waals surface area (Å²) in [6.07, 6.45) is 1.80. The molecule has 140 valence electrons. The summed E-state index contributed by atoms with van der Waals surface area (Å²) in [7, 11) is 0. The zero-order valence-corrected chi connectivity index (χ0v) is 16.1. The largest absolute Gasteiger partial charge is 0.352 e. The molecule has 1 atom stereocenters. The Hall–Kier alpha value is -2.47. The van der Waals surface area contributed by atoms with E-state index in [0.29, 0.717) is 12.1 Å². The topological polar surface area (TPSA) is 45.2 Å². The molecule has 2 heterocycles. The number of hydrogen-bond donors (Lipinski definition) is 1. The van der Waals surface area contributed by atoms with Crippen molar-refractivity contribution in [3.63, 3.8) is 0 Å². The molecule has 1 aliphatic heterocycles. The van der Waals surface area contributed by atoms with E-state index < -0.39 is 0 Å². The first-order valence-electron chi connectivity index (χ1n) is 9.23. The fourth-order valence-electron chi connectivity index (χ4n) is 3.49. The average molecular weight is 383 g/mol. The summed E-state index contributed by atoms with van der Waals surface area (Å²) < 4.78 is 14.9. The van der Waals surface area contributed by atoms with E-state index in [1.807, 2.05) is 6.07 Å². The van der Waals surface area contributed by atoms with Crippen LogP contribution in [0.25, 0.3) is 10.2 Å². The van der Waals surface area contributed by atoms with Crippen molar-refractivity contribution in [2.24, 2.45) is 5.92 Å². The van der Waals surface area contributed by atoms with E-state index >= 15 is 0 Å². The van der Waals surface area contributed by atoms with Crippen LogP contribution in [-0.4, -0.2) is 24.0 Å². The summed E-state index contributed by atoms with van der Waals surface area (Å²) in [4.78, 5) is 19.5. The maximum Gasteiger partial charge on any atom is 0.225 e. The maximum absolute atomic E-state index is 13.7. The molecule has 4 nitrogen and oxygen atoms in total. The molecule has 1 saturated heterocycles. The van der Waals surface area contributed by atoms with E-state index in [2.05, 4.69) is 29.3 Å². The van der Waals surface area contributed by atoms with E-state index in [0.717, 1.165) is 30.0 Å². The highest BCUT2D eigenvalue weighted by atomic mass is 32.1. The lowest BCUT2D eigenvalue weighted by Crippen LogP contribution is -2.43. The molecule has 0 radical (unpaired) electrons. The number of piperidine rings is 1. The summed E-state index contributed by atoms with van der Waals surface area (Å²) in [5.41, 5.74) is 2.74. The van der Waals surface area contributed by atoms with Crippen LogP contribution in [0, 0.1) is 18.7 Å². The molecular formula is C21H22FN3OS. The highest BCUT2D eigenvalue weighted by Gasteiger charge is 2.27. The van der Waals surface area contributed by atoms with Crippen molar-refractivity contribution < 1.29 is 9.18 Å². The first kappa shape index (κ1) is 17.9. The van der Waals surface area contributed by atoms with E-state index in [-0.39, 0.29) is 24.2 Å². The molecule has 1 aliphatic rings. The average Bonchev–Trinajstić information content (AvgIpc) is 3.10. The SMILES string of the molecule is Cc1ccc2nc(N3CCCC(C(=O)NCc4ccccc4F)C3)sc2c1. The predicted molar refractivity (Wildman–Crippen MR) is 108 cm³/mol. The lowest BCUT2D eigenvalue weighted by Gasteiger charge is -2.31. The number of rotatable bonds is 4. The maximum atomic E-state index is 13.7. The van der Waals surface area contributed by atoms with Gasteiger partial charge in [0.15, 0.2) is 5.13 Å². The Bertz CT molecular complexity index is 971. The van der Waals surface area contributed by atoms with E-state index in [1.165, 1.54) is 16.3 Å². The van der Waals surface area contributed by atoms with Crippen molar-refractivity contribution >= 4 is 32.6 Å². The number of aryl methyl sites for hydroxylation is 1. The third-order valence-corrected chi connectivity index (χ3v) is 6.09. The highest BCUT2D eigenvalue weighted by Crippen LogP contribution is 2.32. The van der Waals surface area contributed by atoms with Crippen molar-refractivity contribution in [1.82, 2.24) is 10.3 Å². The Morgan fingerprint density at radius 2 is 2.19 bits per heavy atom. The second kappa shape index (κ2) is 7.64. The molecule has 1 fully saturated rings. The molecule has 1 amide bonds. The van der Waals surface area contributed by atoms with Crippen LogP contribution in [0.4, 0.5) is 9.52 Å². The molecule has 3 aromatic rings. The van der Waals surface area contributed by atoms with Crippen LogP contribution in [0.2, 0.25) is 0 Å². The van der Waals surface area contributed by atoms with Gasteiger partial charge in [0.1, 0.15) is 5.82 Å². The van der Waals surface area contributed by atoms with E-state index in [4.69, 9.17) is 4.98 Å². The van der Waals surface area contributed by atoms with Crippen LogP contribution >= 0.6 is 11.3 Å². The minimum atomic E-state index is -0.284. The summed E-state index contributed by atoms with van der Waals surface area (Å²) in [5, 5.41) is 3.87. The predicted octanol–water partition coefficient (Wildman–Crippen LogP) is 4.28. The van der Waals surface area contributed by atoms with Crippen LogP contribution in [0.5, 0.6) is 0 Å². The number of fused-ring (bicyclic) bond motifs is 1. The Morgan fingerprint density at radius 3 is 3.04 bits per heavy atom. The van der Waals surface area contributed by atoms with Gasteiger partial charge >= 0.3 is 0 Å². The van der Waals surface area contributed by atoms with Crippen LogP contribution < -0.4 is 10.2 Å². The van der Waals surface area contributed by atoms with Crippen LogP contribution in [0.3, 0.4) is 0 Å². The first-order valence-corrected chi connectivity index (χ1v) is 10.0. The van der Waals surface area contributed by atoms with Gasteiger partial charge in [-0.1, -0.05) is 35.6 Å². The molecule has 27 heavy (non-hydrogen) atoms. The van der Waals surface area contributed by atoms with Gasteiger partial charge in [0.2, 0.25) is 5.91 Å². The fourth-order valence-corrected chi connectivity index (χ4v) is 4.59.